The standard InChI is InChI=1S/C32H46N4O9/c1-32(2,3)45-30(41)35-26(18-23-9-11-24(12-10-23)21-44-31(42)36-13-15-43-16-14-36)28(38)20-33-19-27(37)25(34-29(39)40)17-22-7-5-4-6-8-22/h4-12,25-28,33-34,37-38H,13-21H2,1-3H3,(H,35,41)(H,39,40)/t25-,26-,27+,28?/m0/s1. The van der Waals surface area contributed by atoms with E-state index in [2.05, 4.69) is 16.0 Å². The Balaban J connectivity index is 1.58. The van der Waals surface area contributed by atoms with E-state index in [1.165, 1.54) is 0 Å². The van der Waals surface area contributed by atoms with E-state index in [9.17, 15) is 29.7 Å². The smallest absolute Gasteiger partial charge is 0.410 e. The van der Waals surface area contributed by atoms with Crippen molar-refractivity contribution in [3.63, 3.8) is 0 Å². The van der Waals surface area contributed by atoms with E-state index in [0.717, 1.165) is 16.7 Å². The van der Waals surface area contributed by atoms with Crippen LogP contribution < -0.4 is 16.0 Å². The molecule has 0 spiro atoms. The van der Waals surface area contributed by atoms with Gasteiger partial charge in [-0.15, -0.1) is 0 Å². The molecule has 13 nitrogen and oxygen atoms in total. The number of nitrogens with one attached hydrogen (secondary N) is 3. The van der Waals surface area contributed by atoms with E-state index >= 15 is 0 Å². The van der Waals surface area contributed by atoms with Crippen molar-refractivity contribution in [2.24, 2.45) is 0 Å². The fraction of sp³-hybridized carbons (Fsp3) is 0.531. The number of hydrogen-bond donors (Lipinski definition) is 6. The molecule has 0 aliphatic carbocycles. The zero-order chi connectivity index (χ0) is 32.8. The molecule has 6 N–H and O–H groups in total. The summed E-state index contributed by atoms with van der Waals surface area (Å²) in [6.45, 7) is 7.27. The van der Waals surface area contributed by atoms with Gasteiger partial charge in [0.25, 0.3) is 0 Å². The molecule has 0 aromatic heterocycles. The van der Waals surface area contributed by atoms with Crippen molar-refractivity contribution in [3.8, 4) is 0 Å². The number of hydrogen-bond acceptors (Lipinski definition) is 9. The maximum Gasteiger partial charge on any atom is 0.410 e. The normalized spacial score (nSPS) is 16.2. The van der Waals surface area contributed by atoms with E-state index < -0.39 is 48.2 Å². The number of carboxylic acid groups (broad SMARTS) is 1. The van der Waals surface area contributed by atoms with Crippen LogP contribution >= 0.6 is 0 Å². The van der Waals surface area contributed by atoms with E-state index in [0.29, 0.717) is 26.3 Å². The second-order valence-corrected chi connectivity index (χ2v) is 12.0. The SMILES string of the molecule is CC(C)(C)OC(=O)N[C@@H](Cc1ccc(COC(=O)N2CCOCC2)cc1)C(O)CNC[C@@H](O)[C@H](Cc1ccccc1)NC(=O)O. The molecule has 1 aliphatic rings. The number of carbonyl (C=O) groups excluding carboxylic acids is 2. The Kier molecular flexibility index (Phi) is 13.9. The number of aliphatic hydroxyl groups excluding tert-OH is 2. The molecule has 0 bridgehead atoms. The van der Waals surface area contributed by atoms with E-state index in [4.69, 9.17) is 14.2 Å². The Bertz CT molecular complexity index is 1200. The highest BCUT2D eigenvalue weighted by Gasteiger charge is 2.27. The Morgan fingerprint density at radius 2 is 1.38 bits per heavy atom. The summed E-state index contributed by atoms with van der Waals surface area (Å²) >= 11 is 0. The molecule has 1 heterocycles. The predicted molar refractivity (Wildman–Crippen MR) is 166 cm³/mol. The summed E-state index contributed by atoms with van der Waals surface area (Å²) in [5.74, 6) is 0. The molecule has 3 rings (SSSR count). The number of amides is 3. The number of benzene rings is 2. The lowest BCUT2D eigenvalue weighted by Gasteiger charge is -2.28. The third-order valence-electron chi connectivity index (χ3n) is 7.06. The summed E-state index contributed by atoms with van der Waals surface area (Å²) in [7, 11) is 0. The zero-order valence-corrected chi connectivity index (χ0v) is 26.1. The van der Waals surface area contributed by atoms with Crippen molar-refractivity contribution < 1.29 is 43.9 Å². The van der Waals surface area contributed by atoms with E-state index in [1.807, 2.05) is 54.6 Å². The van der Waals surface area contributed by atoms with Gasteiger partial charge < -0.3 is 50.4 Å². The minimum absolute atomic E-state index is 0.00176. The van der Waals surface area contributed by atoms with E-state index in [1.54, 1.807) is 25.7 Å². The van der Waals surface area contributed by atoms with Crippen molar-refractivity contribution in [2.75, 3.05) is 39.4 Å². The Morgan fingerprint density at radius 3 is 1.93 bits per heavy atom. The van der Waals surface area contributed by atoms with Crippen molar-refractivity contribution in [1.29, 1.82) is 0 Å². The topological polar surface area (TPSA) is 179 Å². The lowest BCUT2D eigenvalue weighted by Crippen LogP contribution is -2.52. The van der Waals surface area contributed by atoms with Crippen LogP contribution in [0.2, 0.25) is 0 Å². The first-order valence-corrected chi connectivity index (χ1v) is 15.1. The molecule has 0 radical (unpaired) electrons. The van der Waals surface area contributed by atoms with Gasteiger partial charge in [-0.25, -0.2) is 14.4 Å². The molecule has 13 heteroatoms. The van der Waals surface area contributed by atoms with Crippen LogP contribution in [0.1, 0.15) is 37.5 Å². The number of morpholine rings is 1. The minimum atomic E-state index is -1.25. The molecule has 0 saturated carbocycles. The quantitative estimate of drug-likeness (QED) is 0.181. The van der Waals surface area contributed by atoms with Crippen LogP contribution in [0.25, 0.3) is 0 Å². The van der Waals surface area contributed by atoms with Gasteiger partial charge in [-0.05, 0) is 50.3 Å². The molecule has 1 saturated heterocycles. The van der Waals surface area contributed by atoms with Crippen molar-refractivity contribution in [1.82, 2.24) is 20.9 Å². The molecule has 1 unspecified atom stereocenters. The van der Waals surface area contributed by atoms with Gasteiger partial charge in [0, 0.05) is 26.2 Å². The average molecular weight is 631 g/mol. The van der Waals surface area contributed by atoms with Gasteiger partial charge in [-0.2, -0.15) is 0 Å². The minimum Gasteiger partial charge on any atom is -0.465 e. The summed E-state index contributed by atoms with van der Waals surface area (Å²) in [5, 5.41) is 39.2. The number of alkyl carbamates (subject to hydrolysis) is 1. The fourth-order valence-electron chi connectivity index (χ4n) is 4.72. The summed E-state index contributed by atoms with van der Waals surface area (Å²) < 4.78 is 16.1. The van der Waals surface area contributed by atoms with Gasteiger partial charge in [0.1, 0.15) is 12.2 Å². The zero-order valence-electron chi connectivity index (χ0n) is 26.1. The molecule has 45 heavy (non-hydrogen) atoms. The highest BCUT2D eigenvalue weighted by molar-refractivity contribution is 5.68. The lowest BCUT2D eigenvalue weighted by atomic mass is 9.99. The third kappa shape index (κ3) is 13.3. The van der Waals surface area contributed by atoms with Gasteiger partial charge in [-0.1, -0.05) is 54.6 Å². The Labute approximate surface area is 263 Å². The number of rotatable bonds is 14. The molecule has 1 aliphatic heterocycles. The highest BCUT2D eigenvalue weighted by Crippen LogP contribution is 2.13. The monoisotopic (exact) mass is 630 g/mol. The van der Waals surface area contributed by atoms with Crippen LogP contribution in [-0.2, 0) is 33.7 Å². The van der Waals surface area contributed by atoms with Crippen LogP contribution in [0.3, 0.4) is 0 Å². The second kappa shape index (κ2) is 17.5. The van der Waals surface area contributed by atoms with Gasteiger partial charge in [0.15, 0.2) is 0 Å². The molecule has 2 aromatic rings. The van der Waals surface area contributed by atoms with Crippen LogP contribution in [0.5, 0.6) is 0 Å². The molecule has 248 valence electrons. The van der Waals surface area contributed by atoms with Crippen LogP contribution in [0.15, 0.2) is 54.6 Å². The van der Waals surface area contributed by atoms with Gasteiger partial charge in [-0.3, -0.25) is 0 Å². The summed E-state index contributed by atoms with van der Waals surface area (Å²) in [4.78, 5) is 37.8. The third-order valence-corrected chi connectivity index (χ3v) is 7.06. The number of ether oxygens (including phenoxy) is 3. The van der Waals surface area contributed by atoms with Gasteiger partial charge >= 0.3 is 18.3 Å². The molecular weight excluding hydrogens is 584 g/mol. The van der Waals surface area contributed by atoms with Crippen molar-refractivity contribution in [2.45, 2.75) is 70.1 Å². The second-order valence-electron chi connectivity index (χ2n) is 12.0. The summed E-state index contributed by atoms with van der Waals surface area (Å²) in [5.41, 5.74) is 1.71. The molecule has 3 amide bonds. The number of aliphatic hydroxyl groups is 2. The number of carbonyl (C=O) groups is 3. The Morgan fingerprint density at radius 1 is 0.844 bits per heavy atom. The largest absolute Gasteiger partial charge is 0.465 e. The highest BCUT2D eigenvalue weighted by atomic mass is 16.6. The average Bonchev–Trinajstić information content (AvgIpc) is 2.99. The van der Waals surface area contributed by atoms with Gasteiger partial charge in [0.2, 0.25) is 0 Å². The summed E-state index contributed by atoms with van der Waals surface area (Å²) in [6, 6.07) is 15.0. The van der Waals surface area contributed by atoms with Crippen molar-refractivity contribution >= 4 is 18.3 Å². The van der Waals surface area contributed by atoms with Crippen molar-refractivity contribution in [3.05, 3.63) is 71.3 Å². The van der Waals surface area contributed by atoms with Crippen LogP contribution in [-0.4, -0.2) is 108 Å². The maximum atomic E-state index is 12.6. The molecule has 1 fully saturated rings. The Hall–Kier alpha value is -3.91. The van der Waals surface area contributed by atoms with Crippen LogP contribution in [0, 0.1) is 0 Å². The lowest BCUT2D eigenvalue weighted by molar-refractivity contribution is 0.0249. The molecular formula is C32H46N4O9. The first kappa shape index (κ1) is 35.6. The molecule has 2 aromatic carbocycles. The first-order valence-electron chi connectivity index (χ1n) is 15.1. The molecule has 4 atom stereocenters. The summed E-state index contributed by atoms with van der Waals surface area (Å²) in [6.07, 6.45) is -3.96. The van der Waals surface area contributed by atoms with E-state index in [-0.39, 0.29) is 32.5 Å². The fourth-order valence-corrected chi connectivity index (χ4v) is 4.72. The maximum absolute atomic E-state index is 12.6. The van der Waals surface area contributed by atoms with Crippen LogP contribution in [0.4, 0.5) is 14.4 Å². The predicted octanol–water partition coefficient (Wildman–Crippen LogP) is 2.28. The van der Waals surface area contributed by atoms with Gasteiger partial charge in [0.05, 0.1) is 37.5 Å². The number of nitrogens with zero attached hydrogens (tertiary/aromatic N) is 1. The first-order chi connectivity index (χ1) is 21.4.